The third-order valence-electron chi connectivity index (χ3n) is 6.22. The Morgan fingerprint density at radius 1 is 1.05 bits per heavy atom. The molecule has 0 aromatic rings. The van der Waals surface area contributed by atoms with E-state index in [1.54, 1.807) is 0 Å². The van der Waals surface area contributed by atoms with Gasteiger partial charge in [0.25, 0.3) is 0 Å². The Kier molecular flexibility index (Phi) is 3.11. The van der Waals surface area contributed by atoms with Crippen molar-refractivity contribution in [3.8, 4) is 0 Å². The summed E-state index contributed by atoms with van der Waals surface area (Å²) in [6.45, 7) is 0. The van der Waals surface area contributed by atoms with Gasteiger partial charge in [-0.15, -0.1) is 0 Å². The van der Waals surface area contributed by atoms with Gasteiger partial charge in [0.1, 0.15) is 0 Å². The zero-order valence-electron chi connectivity index (χ0n) is 12.3. The van der Waals surface area contributed by atoms with Crippen LogP contribution < -0.4 is 0 Å². The molecule has 0 saturated heterocycles. The lowest BCUT2D eigenvalue weighted by molar-refractivity contribution is -0.143. The fourth-order valence-corrected chi connectivity index (χ4v) is 6.27. The highest BCUT2D eigenvalue weighted by Gasteiger charge is 2.62. The van der Waals surface area contributed by atoms with Gasteiger partial charge in [0.15, 0.2) is 0 Å². The van der Waals surface area contributed by atoms with E-state index < -0.39 is 13.8 Å². The molecule has 4 aliphatic carbocycles. The highest BCUT2D eigenvalue weighted by molar-refractivity contribution is 7.49. The van der Waals surface area contributed by atoms with E-state index in [-0.39, 0.29) is 5.92 Å². The highest BCUT2D eigenvalue weighted by atomic mass is 31.2. The molecular weight excluding hydrogens is 291 g/mol. The molecule has 0 heterocycles. The summed E-state index contributed by atoms with van der Waals surface area (Å²) in [5.41, 5.74) is 0. The molecule has 0 amide bonds. The number of allylic oxidation sites excluding steroid dienone is 2. The van der Waals surface area contributed by atoms with Crippen LogP contribution >= 0.6 is 7.82 Å². The van der Waals surface area contributed by atoms with Crippen molar-refractivity contribution in [1.29, 1.82) is 0 Å². The Balaban J connectivity index is 1.51. The van der Waals surface area contributed by atoms with Gasteiger partial charge >= 0.3 is 13.8 Å². The molecule has 0 aliphatic heterocycles. The Labute approximate surface area is 124 Å². The van der Waals surface area contributed by atoms with Gasteiger partial charge in [-0.05, 0) is 54.8 Å². The van der Waals surface area contributed by atoms with Crippen molar-refractivity contribution in [1.82, 2.24) is 0 Å². The molecule has 0 spiro atoms. The third-order valence-corrected chi connectivity index (χ3v) is 7.52. The van der Waals surface area contributed by atoms with Crippen LogP contribution in [-0.4, -0.2) is 20.2 Å². The predicted octanol–water partition coefficient (Wildman–Crippen LogP) is 3.02. The lowest BCUT2D eigenvalue weighted by Crippen LogP contribution is -2.35. The molecule has 3 fully saturated rings. The molecule has 0 aromatic heterocycles. The van der Waals surface area contributed by atoms with Crippen molar-refractivity contribution in [3.63, 3.8) is 0 Å². The first-order valence-corrected chi connectivity index (χ1v) is 9.15. The SMILES string of the molecule is COP(=O)(OC)OC(=O)C1CC2CC1C1C3C=CC(C3)C21. The number of phosphoric acid groups is 1. The number of hydrogen-bond acceptors (Lipinski definition) is 5. The zero-order chi connectivity index (χ0) is 14.8. The first-order valence-electron chi connectivity index (χ1n) is 7.69. The van der Waals surface area contributed by atoms with Crippen LogP contribution in [0.15, 0.2) is 12.2 Å². The second kappa shape index (κ2) is 4.68. The summed E-state index contributed by atoms with van der Waals surface area (Å²) in [5, 5.41) is 0. The number of hydrogen-bond donors (Lipinski definition) is 0. The molecule has 4 rings (SSSR count). The molecule has 5 nitrogen and oxygen atoms in total. The normalized spacial score (nSPS) is 46.1. The molecule has 116 valence electrons. The number of carbonyl (C=O) groups is 1. The number of carbonyl (C=O) groups excluding carboxylic acids is 1. The molecule has 0 radical (unpaired) electrons. The van der Waals surface area contributed by atoms with Gasteiger partial charge in [-0.3, -0.25) is 13.8 Å². The minimum Gasteiger partial charge on any atom is -0.370 e. The van der Waals surface area contributed by atoms with Gasteiger partial charge in [0.2, 0.25) is 0 Å². The average molecular weight is 312 g/mol. The van der Waals surface area contributed by atoms with Crippen LogP contribution in [0.2, 0.25) is 0 Å². The Bertz CT molecular complexity index is 536. The monoisotopic (exact) mass is 312 g/mol. The van der Waals surface area contributed by atoms with Gasteiger partial charge in [-0.25, -0.2) is 4.57 Å². The Morgan fingerprint density at radius 3 is 2.38 bits per heavy atom. The molecule has 7 atom stereocenters. The predicted molar refractivity (Wildman–Crippen MR) is 75.1 cm³/mol. The van der Waals surface area contributed by atoms with E-state index in [0.717, 1.165) is 24.7 Å². The van der Waals surface area contributed by atoms with E-state index in [2.05, 4.69) is 12.2 Å². The molecule has 21 heavy (non-hydrogen) atoms. The van der Waals surface area contributed by atoms with Crippen molar-refractivity contribution in [3.05, 3.63) is 12.2 Å². The van der Waals surface area contributed by atoms with Crippen molar-refractivity contribution in [2.45, 2.75) is 19.3 Å². The first-order chi connectivity index (χ1) is 10.1. The fourth-order valence-electron chi connectivity index (χ4n) is 5.61. The standard InChI is InChI=1S/C15H21O5P/c1-18-21(17,19-2)20-15(16)12-7-10-6-11(12)14-9-4-3-8(5-9)13(10)14/h3-4,8-14H,5-7H2,1-2H3. The Morgan fingerprint density at radius 2 is 1.71 bits per heavy atom. The maximum atomic E-state index is 12.4. The van der Waals surface area contributed by atoms with Gasteiger partial charge in [-0.2, -0.15) is 0 Å². The second-order valence-corrected chi connectivity index (χ2v) is 8.63. The van der Waals surface area contributed by atoms with E-state index >= 15 is 0 Å². The third kappa shape index (κ3) is 1.90. The average Bonchev–Trinajstić information content (AvgIpc) is 3.23. The van der Waals surface area contributed by atoms with Crippen molar-refractivity contribution < 1.29 is 22.9 Å². The molecule has 0 N–H and O–H groups in total. The molecule has 4 bridgehead atoms. The van der Waals surface area contributed by atoms with Gasteiger partial charge < -0.3 is 4.52 Å². The number of rotatable bonds is 4. The summed E-state index contributed by atoms with van der Waals surface area (Å²) in [6, 6.07) is 0. The first kappa shape index (κ1) is 14.0. The van der Waals surface area contributed by atoms with E-state index in [0.29, 0.717) is 23.7 Å². The van der Waals surface area contributed by atoms with Gasteiger partial charge in [0.05, 0.1) is 5.92 Å². The summed E-state index contributed by atoms with van der Waals surface area (Å²) in [5.74, 6) is 3.24. The van der Waals surface area contributed by atoms with Crippen LogP contribution in [0.25, 0.3) is 0 Å². The summed E-state index contributed by atoms with van der Waals surface area (Å²) in [4.78, 5) is 12.4. The topological polar surface area (TPSA) is 61.8 Å². The highest BCUT2D eigenvalue weighted by Crippen LogP contribution is 2.67. The molecule has 7 unspecified atom stereocenters. The molecule has 6 heteroatoms. The van der Waals surface area contributed by atoms with Crippen LogP contribution in [0.5, 0.6) is 0 Å². The number of fused-ring (bicyclic) bond motifs is 9. The van der Waals surface area contributed by atoms with Crippen molar-refractivity contribution >= 4 is 13.8 Å². The largest absolute Gasteiger partial charge is 0.531 e. The maximum absolute atomic E-state index is 12.4. The quantitative estimate of drug-likeness (QED) is 0.453. The fraction of sp³-hybridized carbons (Fsp3) is 0.800. The minimum absolute atomic E-state index is 0.136. The van der Waals surface area contributed by atoms with Gasteiger partial charge in [-0.1, -0.05) is 12.2 Å². The second-order valence-electron chi connectivity index (χ2n) is 6.83. The van der Waals surface area contributed by atoms with Crippen LogP contribution in [0, 0.1) is 41.4 Å². The molecule has 4 aliphatic rings. The minimum atomic E-state index is -3.72. The van der Waals surface area contributed by atoms with E-state index in [1.165, 1.54) is 20.6 Å². The smallest absolute Gasteiger partial charge is 0.370 e. The Hall–Kier alpha value is -0.640. The molecular formula is C15H21O5P. The lowest BCUT2D eigenvalue weighted by Gasteiger charge is -2.35. The van der Waals surface area contributed by atoms with Crippen LogP contribution in [0.1, 0.15) is 19.3 Å². The van der Waals surface area contributed by atoms with Crippen LogP contribution in [-0.2, 0) is 22.9 Å². The maximum Gasteiger partial charge on any atom is 0.531 e. The molecule has 0 aromatic carbocycles. The van der Waals surface area contributed by atoms with E-state index in [4.69, 9.17) is 13.6 Å². The zero-order valence-corrected chi connectivity index (χ0v) is 13.2. The van der Waals surface area contributed by atoms with Crippen LogP contribution in [0.3, 0.4) is 0 Å². The summed E-state index contributed by atoms with van der Waals surface area (Å²) in [6.07, 6.45) is 7.97. The number of phosphoric ester groups is 1. The summed E-state index contributed by atoms with van der Waals surface area (Å²) in [7, 11) is -1.25. The van der Waals surface area contributed by atoms with Crippen molar-refractivity contribution in [2.75, 3.05) is 14.2 Å². The van der Waals surface area contributed by atoms with Crippen molar-refractivity contribution in [2.24, 2.45) is 41.4 Å². The summed E-state index contributed by atoms with van der Waals surface area (Å²) < 4.78 is 26.5. The lowest BCUT2D eigenvalue weighted by atomic mass is 9.69. The van der Waals surface area contributed by atoms with E-state index in [1.807, 2.05) is 0 Å². The summed E-state index contributed by atoms with van der Waals surface area (Å²) >= 11 is 0. The van der Waals surface area contributed by atoms with E-state index in [9.17, 15) is 9.36 Å². The van der Waals surface area contributed by atoms with Gasteiger partial charge in [0, 0.05) is 14.2 Å². The van der Waals surface area contributed by atoms with Crippen LogP contribution in [0.4, 0.5) is 0 Å². The molecule has 3 saturated carbocycles.